The Balaban J connectivity index is 0.000000120. The summed E-state index contributed by atoms with van der Waals surface area (Å²) >= 11 is 0. The first-order chi connectivity index (χ1) is 4.38. The zero-order valence-electron chi connectivity index (χ0n) is 5.38. The molecule has 2 nitrogen and oxygen atoms in total. The minimum absolute atomic E-state index is 0.750. The molecule has 0 radical (unpaired) electrons. The van der Waals surface area contributed by atoms with Crippen molar-refractivity contribution in [2.45, 2.75) is 25.7 Å². The lowest BCUT2D eigenvalue weighted by atomic mass is 9.60. The SMILES string of the molecule is C1CC2CCC12.N#CO. The van der Waals surface area contributed by atoms with E-state index in [-0.39, 0.29) is 0 Å². The van der Waals surface area contributed by atoms with Gasteiger partial charge in [-0.1, -0.05) is 0 Å². The van der Waals surface area contributed by atoms with E-state index in [1.807, 2.05) is 0 Å². The summed E-state index contributed by atoms with van der Waals surface area (Å²) in [5, 5.41) is 13.8. The van der Waals surface area contributed by atoms with Crippen molar-refractivity contribution in [3.63, 3.8) is 0 Å². The Hall–Kier alpha value is -0.710. The molecule has 0 aromatic carbocycles. The van der Waals surface area contributed by atoms with Crippen LogP contribution in [0.5, 0.6) is 0 Å². The van der Waals surface area contributed by atoms with Crippen LogP contribution in [-0.4, -0.2) is 5.11 Å². The molecule has 0 aliphatic heterocycles. The third kappa shape index (κ3) is 1.16. The lowest BCUT2D eigenvalue weighted by Gasteiger charge is -2.46. The van der Waals surface area contributed by atoms with Gasteiger partial charge in [0, 0.05) is 0 Å². The molecular weight excluding hydrogens is 114 g/mol. The molecule has 2 saturated carbocycles. The molecule has 2 aliphatic carbocycles. The second-order valence-corrected chi connectivity index (χ2v) is 2.77. The number of hydrogen-bond acceptors (Lipinski definition) is 2. The standard InChI is InChI=1S/C6H10.CHNO/c1-2-6-4-3-5(1)6;2-1-3/h5-6H,1-4H2;3H. The second kappa shape index (κ2) is 2.72. The maximum Gasteiger partial charge on any atom is 0.283 e. The van der Waals surface area contributed by atoms with Crippen LogP contribution in [0.4, 0.5) is 0 Å². The van der Waals surface area contributed by atoms with Crippen molar-refractivity contribution in [2.24, 2.45) is 11.8 Å². The maximum absolute atomic E-state index is 6.88. The molecule has 2 heteroatoms. The topological polar surface area (TPSA) is 44.0 Å². The highest BCUT2D eigenvalue weighted by molar-refractivity contribution is 4.89. The van der Waals surface area contributed by atoms with Gasteiger partial charge in [0.25, 0.3) is 6.26 Å². The Morgan fingerprint density at radius 1 is 1.11 bits per heavy atom. The fourth-order valence-corrected chi connectivity index (χ4v) is 1.56. The Bertz CT molecular complexity index is 109. The van der Waals surface area contributed by atoms with Crippen molar-refractivity contribution in [1.29, 1.82) is 5.26 Å². The number of fused-ring (bicyclic) bond motifs is 1. The van der Waals surface area contributed by atoms with Gasteiger partial charge in [0.05, 0.1) is 0 Å². The number of nitrogens with zero attached hydrogens (tertiary/aromatic N) is 1. The van der Waals surface area contributed by atoms with Gasteiger partial charge in [-0.15, -0.1) is 0 Å². The molecule has 0 saturated heterocycles. The van der Waals surface area contributed by atoms with Gasteiger partial charge in [-0.3, -0.25) is 0 Å². The lowest BCUT2D eigenvalue weighted by molar-refractivity contribution is 0.0548. The van der Waals surface area contributed by atoms with Gasteiger partial charge in [0.2, 0.25) is 0 Å². The van der Waals surface area contributed by atoms with Gasteiger partial charge < -0.3 is 5.11 Å². The number of rotatable bonds is 0. The van der Waals surface area contributed by atoms with Crippen LogP contribution in [-0.2, 0) is 0 Å². The fourth-order valence-electron chi connectivity index (χ4n) is 1.56. The highest BCUT2D eigenvalue weighted by Gasteiger charge is 2.37. The van der Waals surface area contributed by atoms with Crippen LogP contribution in [0.3, 0.4) is 0 Å². The van der Waals surface area contributed by atoms with E-state index in [4.69, 9.17) is 10.4 Å². The Labute approximate surface area is 55.1 Å². The van der Waals surface area contributed by atoms with Crippen molar-refractivity contribution in [3.05, 3.63) is 0 Å². The van der Waals surface area contributed by atoms with Crippen LogP contribution in [0.2, 0.25) is 0 Å². The van der Waals surface area contributed by atoms with Crippen molar-refractivity contribution in [3.8, 4) is 6.26 Å². The van der Waals surface area contributed by atoms with E-state index in [2.05, 4.69) is 0 Å². The molecule has 2 fully saturated rings. The number of hydrogen-bond donors (Lipinski definition) is 1. The molecule has 0 atom stereocenters. The Morgan fingerprint density at radius 2 is 1.33 bits per heavy atom. The molecule has 0 unspecified atom stereocenters. The largest absolute Gasteiger partial charge is 0.443 e. The first-order valence-corrected chi connectivity index (χ1v) is 3.41. The lowest BCUT2D eigenvalue weighted by Crippen LogP contribution is -2.34. The van der Waals surface area contributed by atoms with Crippen LogP contribution in [0.15, 0.2) is 0 Å². The zero-order valence-corrected chi connectivity index (χ0v) is 5.38. The molecule has 2 aliphatic rings. The predicted molar refractivity (Wildman–Crippen MR) is 33.0 cm³/mol. The van der Waals surface area contributed by atoms with Gasteiger partial charge in [-0.25, -0.2) is 0 Å². The smallest absolute Gasteiger partial charge is 0.283 e. The van der Waals surface area contributed by atoms with E-state index in [9.17, 15) is 0 Å². The van der Waals surface area contributed by atoms with E-state index < -0.39 is 0 Å². The highest BCUT2D eigenvalue weighted by atomic mass is 16.2. The van der Waals surface area contributed by atoms with Gasteiger partial charge in [0.15, 0.2) is 0 Å². The summed E-state index contributed by atoms with van der Waals surface area (Å²) in [7, 11) is 0. The van der Waals surface area contributed by atoms with Crippen LogP contribution in [0, 0.1) is 23.4 Å². The minimum Gasteiger partial charge on any atom is -0.443 e. The molecule has 0 amide bonds. The molecule has 0 heterocycles. The van der Waals surface area contributed by atoms with Crippen molar-refractivity contribution >= 4 is 0 Å². The van der Waals surface area contributed by atoms with Crippen molar-refractivity contribution < 1.29 is 5.11 Å². The van der Waals surface area contributed by atoms with E-state index in [1.54, 1.807) is 25.7 Å². The van der Waals surface area contributed by atoms with Gasteiger partial charge >= 0.3 is 0 Å². The van der Waals surface area contributed by atoms with Gasteiger partial charge in [-0.2, -0.15) is 5.26 Å². The third-order valence-electron chi connectivity index (χ3n) is 2.48. The summed E-state index contributed by atoms with van der Waals surface area (Å²) in [5.74, 6) is 2.43. The normalized spacial score (nSPS) is 35.4. The first-order valence-electron chi connectivity index (χ1n) is 3.41. The average Bonchev–Trinajstić information content (AvgIpc) is 1.81. The van der Waals surface area contributed by atoms with Crippen molar-refractivity contribution in [1.82, 2.24) is 0 Å². The Kier molecular flexibility index (Phi) is 1.94. The summed E-state index contributed by atoms with van der Waals surface area (Å²) in [6, 6.07) is 0. The monoisotopic (exact) mass is 125 g/mol. The summed E-state index contributed by atoms with van der Waals surface area (Å²) < 4.78 is 0. The van der Waals surface area contributed by atoms with Crippen LogP contribution >= 0.6 is 0 Å². The second-order valence-electron chi connectivity index (χ2n) is 2.77. The number of aliphatic hydroxyl groups excluding tert-OH is 1. The maximum atomic E-state index is 6.88. The minimum atomic E-state index is 0.750. The summed E-state index contributed by atoms with van der Waals surface area (Å²) in [6.07, 6.45) is 6.99. The molecule has 0 bridgehead atoms. The third-order valence-corrected chi connectivity index (χ3v) is 2.48. The zero-order chi connectivity index (χ0) is 6.69. The van der Waals surface area contributed by atoms with Crippen LogP contribution in [0.1, 0.15) is 25.7 Å². The van der Waals surface area contributed by atoms with Crippen molar-refractivity contribution in [2.75, 3.05) is 0 Å². The average molecular weight is 125 g/mol. The fraction of sp³-hybridized carbons (Fsp3) is 0.857. The molecule has 1 N–H and O–H groups in total. The first kappa shape index (κ1) is 6.41. The summed E-state index contributed by atoms with van der Waals surface area (Å²) in [4.78, 5) is 0. The molecular formula is C7H11NO. The van der Waals surface area contributed by atoms with E-state index in [0.29, 0.717) is 0 Å². The molecule has 0 aromatic heterocycles. The van der Waals surface area contributed by atoms with E-state index in [1.165, 1.54) is 11.8 Å². The van der Waals surface area contributed by atoms with E-state index in [0.717, 1.165) is 6.26 Å². The van der Waals surface area contributed by atoms with Crippen LogP contribution < -0.4 is 0 Å². The van der Waals surface area contributed by atoms with E-state index >= 15 is 0 Å². The highest BCUT2D eigenvalue weighted by Crippen LogP contribution is 2.49. The van der Waals surface area contributed by atoms with Gasteiger partial charge in [-0.05, 0) is 37.5 Å². The number of aliphatic hydroxyl groups is 1. The quantitative estimate of drug-likeness (QED) is 0.500. The number of nitriles is 1. The molecule has 0 aromatic rings. The molecule has 9 heavy (non-hydrogen) atoms. The summed E-state index contributed by atoms with van der Waals surface area (Å²) in [6.45, 7) is 0. The molecule has 2 rings (SSSR count). The summed E-state index contributed by atoms with van der Waals surface area (Å²) in [5.41, 5.74) is 0. The molecule has 50 valence electrons. The van der Waals surface area contributed by atoms with Crippen LogP contribution in [0.25, 0.3) is 0 Å². The predicted octanol–water partition coefficient (Wildman–Crippen LogP) is 1.65. The van der Waals surface area contributed by atoms with Gasteiger partial charge in [0.1, 0.15) is 0 Å². The molecule has 0 spiro atoms. The Morgan fingerprint density at radius 3 is 1.33 bits per heavy atom.